The number of carboxylic acid groups (broad SMARTS) is 1. The summed E-state index contributed by atoms with van der Waals surface area (Å²) in [6.07, 6.45) is 22.9. The average Bonchev–Trinajstić information content (AvgIpc) is 2.82. The van der Waals surface area contributed by atoms with Crippen molar-refractivity contribution in [3.8, 4) is 0 Å². The van der Waals surface area contributed by atoms with Crippen LogP contribution in [0.4, 0.5) is 0 Å². The maximum atomic E-state index is 11.8. The average molecular weight is 483 g/mol. The summed E-state index contributed by atoms with van der Waals surface area (Å²) >= 11 is 0. The Balaban J connectivity index is 3.65. The zero-order valence-corrected chi connectivity index (χ0v) is 22.1. The summed E-state index contributed by atoms with van der Waals surface area (Å²) in [5.41, 5.74) is 5.70. The lowest BCUT2D eigenvalue weighted by atomic mass is 10.1. The molecule has 200 valence electrons. The molecule has 0 aliphatic rings. The molecule has 0 heterocycles. The van der Waals surface area contributed by atoms with Gasteiger partial charge in [-0.05, 0) is 71.1 Å². The van der Waals surface area contributed by atoms with Crippen LogP contribution in [0.25, 0.3) is 0 Å². The van der Waals surface area contributed by atoms with Crippen LogP contribution in [0.1, 0.15) is 122 Å². The highest BCUT2D eigenvalue weighted by molar-refractivity contribution is 5.69. The van der Waals surface area contributed by atoms with Gasteiger partial charge in [0.15, 0.2) is 0 Å². The van der Waals surface area contributed by atoms with E-state index in [-0.39, 0.29) is 5.97 Å². The molecule has 0 aliphatic carbocycles. The smallest absolute Gasteiger partial charge is 0.306 e. The van der Waals surface area contributed by atoms with Crippen LogP contribution in [-0.2, 0) is 14.3 Å². The van der Waals surface area contributed by atoms with Crippen LogP contribution in [0.15, 0.2) is 12.2 Å². The van der Waals surface area contributed by atoms with Crippen molar-refractivity contribution in [2.24, 2.45) is 5.73 Å². The van der Waals surface area contributed by atoms with Gasteiger partial charge in [-0.3, -0.25) is 9.59 Å². The van der Waals surface area contributed by atoms with Crippen LogP contribution >= 0.6 is 0 Å². The molecule has 0 unspecified atom stereocenters. The van der Waals surface area contributed by atoms with E-state index in [0.717, 1.165) is 71.1 Å². The van der Waals surface area contributed by atoms with Crippen molar-refractivity contribution in [2.75, 3.05) is 32.8 Å². The molecule has 0 fully saturated rings. The topological polar surface area (TPSA) is 92.9 Å². The lowest BCUT2D eigenvalue weighted by Crippen LogP contribution is -2.28. The molecule has 3 N–H and O–H groups in total. The van der Waals surface area contributed by atoms with Gasteiger partial charge in [-0.2, -0.15) is 0 Å². The number of carboxylic acids is 1. The number of hydrogen-bond acceptors (Lipinski definition) is 5. The van der Waals surface area contributed by atoms with Crippen molar-refractivity contribution < 1.29 is 19.4 Å². The third-order valence-electron chi connectivity index (χ3n) is 6.13. The Bertz CT molecular complexity index is 497. The summed E-state index contributed by atoms with van der Waals surface area (Å²) in [7, 11) is 0. The van der Waals surface area contributed by atoms with Gasteiger partial charge in [-0.1, -0.05) is 76.9 Å². The Morgan fingerprint density at radius 2 is 1.29 bits per heavy atom. The van der Waals surface area contributed by atoms with Crippen molar-refractivity contribution in [2.45, 2.75) is 122 Å². The molecule has 6 nitrogen and oxygen atoms in total. The van der Waals surface area contributed by atoms with E-state index in [9.17, 15) is 9.59 Å². The normalized spacial score (nSPS) is 11.5. The predicted octanol–water partition coefficient (Wildman–Crippen LogP) is 6.47. The van der Waals surface area contributed by atoms with Gasteiger partial charge in [0, 0.05) is 12.8 Å². The quantitative estimate of drug-likeness (QED) is 0.0833. The number of esters is 1. The number of nitrogens with zero attached hydrogens (tertiary/aromatic N) is 1. The number of rotatable bonds is 26. The Morgan fingerprint density at radius 1 is 0.735 bits per heavy atom. The van der Waals surface area contributed by atoms with Crippen LogP contribution < -0.4 is 5.73 Å². The number of allylic oxidation sites excluding steroid dienone is 1. The fourth-order valence-corrected chi connectivity index (χ4v) is 4.02. The maximum absolute atomic E-state index is 11.8. The first-order valence-corrected chi connectivity index (χ1v) is 14.0. The van der Waals surface area contributed by atoms with Crippen LogP contribution in [0.3, 0.4) is 0 Å². The lowest BCUT2D eigenvalue weighted by Gasteiger charge is -2.22. The molecule has 0 aliphatic heterocycles. The molecule has 0 saturated carbocycles. The third-order valence-corrected chi connectivity index (χ3v) is 6.13. The van der Waals surface area contributed by atoms with Crippen LogP contribution in [0, 0.1) is 0 Å². The van der Waals surface area contributed by atoms with E-state index in [2.05, 4.69) is 17.9 Å². The second kappa shape index (κ2) is 26.2. The SMILES string of the molecule is CCCCCCC=CCOC(=O)CCCCCCCN(CCCN)CCCCCCCC(=O)O. The van der Waals surface area contributed by atoms with E-state index in [1.54, 1.807) is 0 Å². The molecule has 0 amide bonds. The van der Waals surface area contributed by atoms with Crippen molar-refractivity contribution in [1.29, 1.82) is 0 Å². The molecule has 34 heavy (non-hydrogen) atoms. The monoisotopic (exact) mass is 482 g/mol. The summed E-state index contributed by atoms with van der Waals surface area (Å²) in [5.74, 6) is -0.768. The zero-order chi connectivity index (χ0) is 25.1. The van der Waals surface area contributed by atoms with E-state index in [4.69, 9.17) is 15.6 Å². The molecule has 0 saturated heterocycles. The fourth-order valence-electron chi connectivity index (χ4n) is 4.02. The lowest BCUT2D eigenvalue weighted by molar-refractivity contribution is -0.142. The molecule has 0 aromatic carbocycles. The Hall–Kier alpha value is -1.40. The minimum absolute atomic E-state index is 0.0773. The second-order valence-corrected chi connectivity index (χ2v) is 9.42. The Labute approximate surface area is 209 Å². The number of unbranched alkanes of at least 4 members (excludes halogenated alkanes) is 12. The van der Waals surface area contributed by atoms with Gasteiger partial charge < -0.3 is 20.5 Å². The van der Waals surface area contributed by atoms with Gasteiger partial charge in [0.05, 0.1) is 0 Å². The first kappa shape index (κ1) is 32.6. The molecule has 0 aromatic heterocycles. The molecule has 0 bridgehead atoms. The van der Waals surface area contributed by atoms with E-state index in [1.165, 1.54) is 57.8 Å². The third kappa shape index (κ3) is 25.2. The minimum atomic E-state index is -0.691. The van der Waals surface area contributed by atoms with Crippen LogP contribution in [0.2, 0.25) is 0 Å². The summed E-state index contributed by atoms with van der Waals surface area (Å²) in [5, 5.41) is 8.68. The predicted molar refractivity (Wildman–Crippen MR) is 142 cm³/mol. The van der Waals surface area contributed by atoms with Gasteiger partial charge in [0.2, 0.25) is 0 Å². The molecular formula is C28H54N2O4. The Kier molecular flexibility index (Phi) is 25.1. The molecule has 0 radical (unpaired) electrons. The van der Waals surface area contributed by atoms with E-state index < -0.39 is 5.97 Å². The highest BCUT2D eigenvalue weighted by Gasteiger charge is 2.05. The van der Waals surface area contributed by atoms with Gasteiger partial charge >= 0.3 is 11.9 Å². The van der Waals surface area contributed by atoms with Gasteiger partial charge in [-0.15, -0.1) is 0 Å². The molecule has 0 rings (SSSR count). The van der Waals surface area contributed by atoms with Crippen LogP contribution in [-0.4, -0.2) is 54.7 Å². The minimum Gasteiger partial charge on any atom is -0.481 e. The molecule has 0 aromatic rings. The number of carbonyl (C=O) groups excluding carboxylic acids is 1. The van der Waals surface area contributed by atoms with Gasteiger partial charge in [0.1, 0.15) is 6.61 Å². The van der Waals surface area contributed by atoms with Gasteiger partial charge in [-0.25, -0.2) is 0 Å². The van der Waals surface area contributed by atoms with Crippen molar-refractivity contribution in [1.82, 2.24) is 4.90 Å². The fraction of sp³-hybridized carbons (Fsp3) is 0.857. The standard InChI is InChI=1S/C28H54N2O4/c1-2-3-4-5-6-13-18-26-34-28(33)21-15-10-8-12-17-24-30(25-19-22-29)23-16-11-7-9-14-20-27(31)32/h13,18H,2-12,14-17,19-26,29H2,1H3,(H,31,32). The highest BCUT2D eigenvalue weighted by Crippen LogP contribution is 2.10. The number of ether oxygens (including phenoxy) is 1. The Morgan fingerprint density at radius 3 is 1.91 bits per heavy atom. The number of hydrogen-bond donors (Lipinski definition) is 2. The molecule has 0 spiro atoms. The highest BCUT2D eigenvalue weighted by atomic mass is 16.5. The second-order valence-electron chi connectivity index (χ2n) is 9.42. The summed E-state index contributed by atoms with van der Waals surface area (Å²) in [4.78, 5) is 24.9. The number of nitrogens with two attached hydrogens (primary N) is 1. The number of carbonyl (C=O) groups is 2. The summed E-state index contributed by atoms with van der Waals surface area (Å²) < 4.78 is 5.28. The van der Waals surface area contributed by atoms with Crippen molar-refractivity contribution >= 4 is 11.9 Å². The first-order valence-electron chi connectivity index (χ1n) is 14.0. The van der Waals surface area contributed by atoms with Crippen LogP contribution in [0.5, 0.6) is 0 Å². The van der Waals surface area contributed by atoms with E-state index in [0.29, 0.717) is 19.4 Å². The van der Waals surface area contributed by atoms with E-state index in [1.807, 2.05) is 6.08 Å². The van der Waals surface area contributed by atoms with E-state index >= 15 is 0 Å². The largest absolute Gasteiger partial charge is 0.481 e. The number of aliphatic carboxylic acids is 1. The van der Waals surface area contributed by atoms with Gasteiger partial charge in [0.25, 0.3) is 0 Å². The summed E-state index contributed by atoms with van der Waals surface area (Å²) in [6.45, 7) is 6.65. The summed E-state index contributed by atoms with van der Waals surface area (Å²) in [6, 6.07) is 0. The first-order chi connectivity index (χ1) is 16.6. The van der Waals surface area contributed by atoms with Crippen molar-refractivity contribution in [3.05, 3.63) is 12.2 Å². The molecular weight excluding hydrogens is 428 g/mol. The molecule has 0 atom stereocenters. The zero-order valence-electron chi connectivity index (χ0n) is 22.1. The maximum Gasteiger partial charge on any atom is 0.306 e. The van der Waals surface area contributed by atoms with Crippen molar-refractivity contribution in [3.63, 3.8) is 0 Å². The molecule has 6 heteroatoms.